The number of aryl methyl sites for hydroxylation is 1. The van der Waals surface area contributed by atoms with Crippen molar-refractivity contribution < 1.29 is 36.6 Å². The summed E-state index contributed by atoms with van der Waals surface area (Å²) in [6, 6.07) is 17.3. The minimum absolute atomic E-state index is 0.0165. The number of aliphatic carboxylic acids is 1. The first-order valence-corrected chi connectivity index (χ1v) is 16.0. The van der Waals surface area contributed by atoms with Crippen molar-refractivity contribution in [3.8, 4) is 11.1 Å². The Kier molecular flexibility index (Phi) is 10.2. The van der Waals surface area contributed by atoms with Gasteiger partial charge in [-0.25, -0.2) is 8.42 Å². The van der Waals surface area contributed by atoms with E-state index in [4.69, 9.17) is 5.11 Å². The number of hydrogen-bond acceptors (Lipinski definition) is 5. The fraction of sp³-hybridized carbons (Fsp3) is 0.424. The number of hydrogen-bond donors (Lipinski definition) is 3. The Balaban J connectivity index is 1.44. The number of β-amino-alcohol motifs (C(OH)–C–C–N with tert-alkyl or cyclic N) is 1. The third kappa shape index (κ3) is 8.26. The highest BCUT2D eigenvalue weighted by atomic mass is 32.2. The molecule has 0 saturated carbocycles. The minimum atomic E-state index is -4.88. The van der Waals surface area contributed by atoms with Gasteiger partial charge < -0.3 is 15.5 Å². The number of carboxylic acids is 1. The lowest BCUT2D eigenvalue weighted by molar-refractivity contribution is -0.138. The molecule has 11 heteroatoms. The molecular formula is C33H39F3N2O5S. The number of aliphatic hydroxyl groups is 1. The fourth-order valence-electron chi connectivity index (χ4n) is 6.02. The van der Waals surface area contributed by atoms with Crippen molar-refractivity contribution in [3.63, 3.8) is 0 Å². The molecule has 4 rings (SSSR count). The Bertz CT molecular complexity index is 1570. The summed E-state index contributed by atoms with van der Waals surface area (Å²) in [5.41, 5.74) is 1.58. The first-order chi connectivity index (χ1) is 20.6. The van der Waals surface area contributed by atoms with Gasteiger partial charge in [0.05, 0.1) is 16.6 Å². The number of nitrogens with one attached hydrogen (secondary N) is 1. The molecule has 0 radical (unpaired) electrons. The molecule has 7 nitrogen and oxygen atoms in total. The van der Waals surface area contributed by atoms with Gasteiger partial charge in [-0.1, -0.05) is 54.6 Å². The highest BCUT2D eigenvalue weighted by Gasteiger charge is 2.36. The minimum Gasteiger partial charge on any atom is -0.481 e. The molecule has 3 aromatic rings. The maximum absolute atomic E-state index is 14.2. The maximum atomic E-state index is 14.2. The van der Waals surface area contributed by atoms with Crippen LogP contribution in [0.4, 0.5) is 13.2 Å². The van der Waals surface area contributed by atoms with Gasteiger partial charge in [-0.3, -0.25) is 4.79 Å². The Morgan fingerprint density at radius 2 is 1.61 bits per heavy atom. The summed E-state index contributed by atoms with van der Waals surface area (Å²) < 4.78 is 70.3. The summed E-state index contributed by atoms with van der Waals surface area (Å²) in [6.07, 6.45) is -3.41. The molecule has 0 aromatic heterocycles. The smallest absolute Gasteiger partial charge is 0.417 e. The van der Waals surface area contributed by atoms with Crippen molar-refractivity contribution in [3.05, 3.63) is 89.0 Å². The van der Waals surface area contributed by atoms with Crippen molar-refractivity contribution in [1.82, 2.24) is 9.62 Å². The van der Waals surface area contributed by atoms with E-state index in [-0.39, 0.29) is 42.6 Å². The monoisotopic (exact) mass is 632 g/mol. The molecule has 0 aliphatic heterocycles. The van der Waals surface area contributed by atoms with Gasteiger partial charge in [0.1, 0.15) is 0 Å². The number of carboxylic acid groups (broad SMARTS) is 1. The van der Waals surface area contributed by atoms with Gasteiger partial charge >= 0.3 is 12.1 Å². The van der Waals surface area contributed by atoms with E-state index in [1.165, 1.54) is 24.2 Å². The predicted octanol–water partition coefficient (Wildman–Crippen LogP) is 5.54. The first-order valence-electron chi connectivity index (χ1n) is 14.5. The summed E-state index contributed by atoms with van der Waals surface area (Å²) in [4.78, 5) is 10.5. The molecule has 0 spiro atoms. The standard InChI is InChI=1S/C33H39F3N2O5S/c1-32(2,19-22-16-24-9-4-5-10-25(24)17-22)37-20-26(39)21-38(3)44(42,43)27-13-14-29(30(18-27)33(34,35)36)28-11-7-6-8-23(28)12-15-31(40)41/h4-11,13-14,18,22,26,37,39H,12,15-17,19-21H2,1-3H3,(H,40,41). The van der Waals surface area contributed by atoms with Crippen molar-refractivity contribution in [2.75, 3.05) is 20.1 Å². The Morgan fingerprint density at radius 1 is 1.00 bits per heavy atom. The van der Waals surface area contributed by atoms with Crippen LogP contribution in [0.25, 0.3) is 11.1 Å². The zero-order valence-corrected chi connectivity index (χ0v) is 25.9. The van der Waals surface area contributed by atoms with Crippen molar-refractivity contribution in [1.29, 1.82) is 0 Å². The lowest BCUT2D eigenvalue weighted by Crippen LogP contribution is -2.47. The topological polar surface area (TPSA) is 107 Å². The molecule has 0 bridgehead atoms. The second-order valence-electron chi connectivity index (χ2n) is 12.2. The average molecular weight is 633 g/mol. The number of alkyl halides is 3. The molecule has 0 saturated heterocycles. The number of likely N-dealkylation sites (N-methyl/N-ethyl adjacent to an activating group) is 1. The van der Waals surface area contributed by atoms with Gasteiger partial charge in [-0.15, -0.1) is 0 Å². The highest BCUT2D eigenvalue weighted by molar-refractivity contribution is 7.89. The van der Waals surface area contributed by atoms with E-state index in [1.54, 1.807) is 18.2 Å². The first kappa shape index (κ1) is 33.6. The lowest BCUT2D eigenvalue weighted by atomic mass is 9.88. The number of rotatable bonds is 13. The molecule has 3 N–H and O–H groups in total. The van der Waals surface area contributed by atoms with Crippen LogP contribution >= 0.6 is 0 Å². The summed E-state index contributed by atoms with van der Waals surface area (Å²) in [7, 11) is -3.16. The van der Waals surface area contributed by atoms with Crippen LogP contribution in [-0.4, -0.2) is 60.7 Å². The zero-order valence-electron chi connectivity index (χ0n) is 25.1. The molecule has 1 unspecified atom stereocenters. The van der Waals surface area contributed by atoms with Crippen LogP contribution in [0.5, 0.6) is 0 Å². The molecule has 3 aromatic carbocycles. The van der Waals surface area contributed by atoms with E-state index >= 15 is 0 Å². The third-order valence-electron chi connectivity index (χ3n) is 8.14. The normalized spacial score (nSPS) is 15.0. The average Bonchev–Trinajstić information content (AvgIpc) is 3.36. The number of nitrogens with zero attached hydrogens (tertiary/aromatic N) is 1. The van der Waals surface area contributed by atoms with E-state index in [0.717, 1.165) is 35.7 Å². The van der Waals surface area contributed by atoms with E-state index in [0.29, 0.717) is 17.5 Å². The van der Waals surface area contributed by atoms with Crippen LogP contribution < -0.4 is 5.32 Å². The van der Waals surface area contributed by atoms with Gasteiger partial charge in [0.25, 0.3) is 0 Å². The Morgan fingerprint density at radius 3 is 2.23 bits per heavy atom. The quantitative estimate of drug-likeness (QED) is 0.228. The van der Waals surface area contributed by atoms with Crippen LogP contribution in [0.2, 0.25) is 0 Å². The molecule has 1 atom stereocenters. The summed E-state index contributed by atoms with van der Waals surface area (Å²) in [6.45, 7) is 3.85. The number of halogens is 3. The third-order valence-corrected chi connectivity index (χ3v) is 9.96. The highest BCUT2D eigenvalue weighted by Crippen LogP contribution is 2.40. The van der Waals surface area contributed by atoms with E-state index in [1.807, 2.05) is 26.0 Å². The summed E-state index contributed by atoms with van der Waals surface area (Å²) >= 11 is 0. The van der Waals surface area contributed by atoms with Crippen LogP contribution in [0.3, 0.4) is 0 Å². The van der Waals surface area contributed by atoms with Crippen LogP contribution in [0.15, 0.2) is 71.6 Å². The number of fused-ring (bicyclic) bond motifs is 1. The molecule has 0 fully saturated rings. The molecular weight excluding hydrogens is 593 g/mol. The largest absolute Gasteiger partial charge is 0.481 e. The predicted molar refractivity (Wildman–Crippen MR) is 163 cm³/mol. The second kappa shape index (κ2) is 13.4. The van der Waals surface area contributed by atoms with Crippen molar-refractivity contribution in [2.45, 2.75) is 68.7 Å². The van der Waals surface area contributed by atoms with Crippen molar-refractivity contribution in [2.24, 2.45) is 5.92 Å². The molecule has 0 amide bonds. The molecule has 238 valence electrons. The van der Waals surface area contributed by atoms with Gasteiger partial charge in [-0.05, 0) is 85.4 Å². The summed E-state index contributed by atoms with van der Waals surface area (Å²) in [5.74, 6) is -0.633. The Labute approximate surface area is 256 Å². The van der Waals surface area contributed by atoms with Gasteiger partial charge in [0, 0.05) is 32.1 Å². The molecule has 1 aliphatic carbocycles. The Hall–Kier alpha value is -3.25. The lowest BCUT2D eigenvalue weighted by Gasteiger charge is -2.31. The van der Waals surface area contributed by atoms with E-state index in [9.17, 15) is 31.5 Å². The second-order valence-corrected chi connectivity index (χ2v) is 14.3. The number of aliphatic hydroxyl groups excluding tert-OH is 1. The number of carbonyl (C=O) groups is 1. The van der Waals surface area contributed by atoms with Crippen molar-refractivity contribution >= 4 is 16.0 Å². The molecule has 1 aliphatic rings. The fourth-order valence-corrected chi connectivity index (χ4v) is 7.25. The van der Waals surface area contributed by atoms with E-state index < -0.39 is 38.7 Å². The van der Waals surface area contributed by atoms with Crippen LogP contribution in [-0.2, 0) is 40.3 Å². The number of benzene rings is 3. The van der Waals surface area contributed by atoms with Gasteiger partial charge in [0.15, 0.2) is 0 Å². The van der Waals surface area contributed by atoms with Gasteiger partial charge in [-0.2, -0.15) is 17.5 Å². The van der Waals surface area contributed by atoms with Gasteiger partial charge in [0.2, 0.25) is 10.0 Å². The van der Waals surface area contributed by atoms with Crippen LogP contribution in [0.1, 0.15) is 48.9 Å². The molecule has 44 heavy (non-hydrogen) atoms. The van der Waals surface area contributed by atoms with E-state index in [2.05, 4.69) is 17.4 Å². The zero-order chi connectivity index (χ0) is 32.3. The molecule has 0 heterocycles. The summed E-state index contributed by atoms with van der Waals surface area (Å²) in [5, 5.41) is 23.1. The van der Waals surface area contributed by atoms with Crippen LogP contribution in [0, 0.1) is 5.92 Å². The number of sulfonamides is 1. The SMILES string of the molecule is CN(CC(O)CNC(C)(C)CC1Cc2ccccc2C1)S(=O)(=O)c1ccc(-c2ccccc2CCC(=O)O)c(C(F)(F)F)c1. The maximum Gasteiger partial charge on any atom is 0.417 e.